The Balaban J connectivity index is 1.69. The molecule has 4 heteroatoms. The highest BCUT2D eigenvalue weighted by Crippen LogP contribution is 2.17. The highest BCUT2D eigenvalue weighted by molar-refractivity contribution is 6.30. The van der Waals surface area contributed by atoms with Gasteiger partial charge < -0.3 is 15.0 Å². The molecule has 106 valence electrons. The number of likely N-dealkylation sites (tertiary alicyclic amines) is 1. The number of benzene rings is 1. The molecule has 1 N–H and O–H groups in total. The number of anilines is 1. The van der Waals surface area contributed by atoms with Crippen molar-refractivity contribution in [3.8, 4) is 0 Å². The monoisotopic (exact) mass is 282 g/mol. The summed E-state index contributed by atoms with van der Waals surface area (Å²) in [5.74, 6) is 0.703. The second-order valence-corrected chi connectivity index (χ2v) is 5.63. The minimum absolute atomic E-state index is 0.703. The molecule has 1 aliphatic heterocycles. The van der Waals surface area contributed by atoms with Crippen molar-refractivity contribution in [1.82, 2.24) is 4.90 Å². The Kier molecular flexibility index (Phi) is 5.95. The van der Waals surface area contributed by atoms with E-state index in [0.717, 1.165) is 37.0 Å². The van der Waals surface area contributed by atoms with E-state index in [4.69, 9.17) is 16.3 Å². The summed E-state index contributed by atoms with van der Waals surface area (Å²) >= 11 is 5.87. The number of nitrogens with one attached hydrogen (secondary N) is 1. The molecule has 0 amide bonds. The van der Waals surface area contributed by atoms with E-state index in [0.29, 0.717) is 5.92 Å². The number of hydrogen-bond acceptors (Lipinski definition) is 3. The van der Waals surface area contributed by atoms with Crippen LogP contribution in [0.3, 0.4) is 0 Å². The van der Waals surface area contributed by atoms with Crippen LogP contribution >= 0.6 is 11.6 Å². The van der Waals surface area contributed by atoms with Crippen molar-refractivity contribution in [1.29, 1.82) is 0 Å². The van der Waals surface area contributed by atoms with Crippen LogP contribution in [0, 0.1) is 5.92 Å². The molecule has 2 rings (SSSR count). The summed E-state index contributed by atoms with van der Waals surface area (Å²) in [5.41, 5.74) is 1.13. The van der Waals surface area contributed by atoms with Gasteiger partial charge in [0, 0.05) is 37.5 Å². The van der Waals surface area contributed by atoms with Gasteiger partial charge in [-0.25, -0.2) is 0 Å². The summed E-state index contributed by atoms with van der Waals surface area (Å²) in [6.07, 6.45) is 2.59. The maximum Gasteiger partial charge on any atom is 0.0502 e. The Morgan fingerprint density at radius 2 is 2.16 bits per heavy atom. The molecule has 1 unspecified atom stereocenters. The third-order valence-corrected chi connectivity index (χ3v) is 3.86. The lowest BCUT2D eigenvalue weighted by Gasteiger charge is -2.32. The molecule has 1 atom stereocenters. The van der Waals surface area contributed by atoms with E-state index in [1.54, 1.807) is 7.11 Å². The maximum atomic E-state index is 5.87. The van der Waals surface area contributed by atoms with E-state index in [-0.39, 0.29) is 0 Å². The van der Waals surface area contributed by atoms with Gasteiger partial charge in [-0.2, -0.15) is 0 Å². The molecule has 1 aliphatic rings. The van der Waals surface area contributed by atoms with Crippen molar-refractivity contribution in [3.05, 3.63) is 29.3 Å². The zero-order valence-corrected chi connectivity index (χ0v) is 12.3. The Morgan fingerprint density at radius 1 is 1.37 bits per heavy atom. The van der Waals surface area contributed by atoms with Gasteiger partial charge in [0.15, 0.2) is 0 Å². The molecule has 0 aliphatic carbocycles. The Morgan fingerprint density at radius 3 is 2.89 bits per heavy atom. The van der Waals surface area contributed by atoms with Crippen molar-refractivity contribution < 1.29 is 4.74 Å². The molecule has 0 bridgehead atoms. The number of methoxy groups -OCH3 is 1. The van der Waals surface area contributed by atoms with Crippen LogP contribution in [0.4, 0.5) is 5.69 Å². The van der Waals surface area contributed by atoms with Gasteiger partial charge in [0.25, 0.3) is 0 Å². The second kappa shape index (κ2) is 7.73. The van der Waals surface area contributed by atoms with Gasteiger partial charge in [-0.15, -0.1) is 0 Å². The van der Waals surface area contributed by atoms with E-state index in [9.17, 15) is 0 Å². The molecule has 1 heterocycles. The number of ether oxygens (including phenoxy) is 1. The molecule has 3 nitrogen and oxygen atoms in total. The van der Waals surface area contributed by atoms with Crippen molar-refractivity contribution in [2.24, 2.45) is 5.92 Å². The van der Waals surface area contributed by atoms with Crippen molar-refractivity contribution in [2.45, 2.75) is 12.8 Å². The average Bonchev–Trinajstić information content (AvgIpc) is 2.42. The van der Waals surface area contributed by atoms with Gasteiger partial charge in [-0.05, 0) is 49.6 Å². The quantitative estimate of drug-likeness (QED) is 0.868. The minimum atomic E-state index is 0.703. The van der Waals surface area contributed by atoms with E-state index < -0.39 is 0 Å². The fourth-order valence-electron chi connectivity index (χ4n) is 2.65. The van der Waals surface area contributed by atoms with E-state index in [1.807, 2.05) is 24.3 Å². The number of rotatable bonds is 6. The van der Waals surface area contributed by atoms with Crippen LogP contribution in [0.25, 0.3) is 0 Å². The fraction of sp³-hybridized carbons (Fsp3) is 0.600. The number of nitrogens with zero attached hydrogens (tertiary/aromatic N) is 1. The topological polar surface area (TPSA) is 24.5 Å². The van der Waals surface area contributed by atoms with Crippen LogP contribution in [0.2, 0.25) is 5.02 Å². The molecule has 19 heavy (non-hydrogen) atoms. The van der Waals surface area contributed by atoms with Gasteiger partial charge in [0.1, 0.15) is 0 Å². The summed E-state index contributed by atoms with van der Waals surface area (Å²) in [6.45, 7) is 5.32. The van der Waals surface area contributed by atoms with Gasteiger partial charge in [-0.1, -0.05) is 11.6 Å². The second-order valence-electron chi connectivity index (χ2n) is 5.20. The Labute approximate surface area is 120 Å². The summed E-state index contributed by atoms with van der Waals surface area (Å²) in [4.78, 5) is 2.52. The summed E-state index contributed by atoms with van der Waals surface area (Å²) < 4.78 is 5.26. The normalized spacial score (nSPS) is 20.4. The first-order valence-corrected chi connectivity index (χ1v) is 7.36. The highest BCUT2D eigenvalue weighted by atomic mass is 35.5. The average molecular weight is 283 g/mol. The zero-order valence-electron chi connectivity index (χ0n) is 11.6. The molecule has 0 aromatic heterocycles. The summed E-state index contributed by atoms with van der Waals surface area (Å²) in [6, 6.07) is 7.87. The Hall–Kier alpha value is -0.770. The fourth-order valence-corrected chi connectivity index (χ4v) is 2.78. The molecule has 0 spiro atoms. The zero-order chi connectivity index (χ0) is 13.5. The minimum Gasteiger partial charge on any atom is -0.384 e. The lowest BCUT2D eigenvalue weighted by molar-refractivity contribution is 0.0926. The third-order valence-electron chi connectivity index (χ3n) is 3.61. The van der Waals surface area contributed by atoms with Gasteiger partial charge in [-0.3, -0.25) is 0 Å². The van der Waals surface area contributed by atoms with E-state index in [2.05, 4.69) is 10.2 Å². The summed E-state index contributed by atoms with van der Waals surface area (Å²) in [7, 11) is 1.79. The smallest absolute Gasteiger partial charge is 0.0502 e. The van der Waals surface area contributed by atoms with Gasteiger partial charge >= 0.3 is 0 Å². The SMILES string of the molecule is COCC1CCCN(CCNc2ccc(Cl)cc2)C1. The Bertz CT molecular complexity index is 367. The maximum absolute atomic E-state index is 5.87. The predicted molar refractivity (Wildman–Crippen MR) is 81.0 cm³/mol. The summed E-state index contributed by atoms with van der Waals surface area (Å²) in [5, 5.41) is 4.22. The van der Waals surface area contributed by atoms with Crippen LogP contribution < -0.4 is 5.32 Å². The van der Waals surface area contributed by atoms with Crippen molar-refractivity contribution in [2.75, 3.05) is 45.2 Å². The predicted octanol–water partition coefficient (Wildman–Crippen LogP) is 3.11. The molecule has 0 radical (unpaired) electrons. The number of hydrogen-bond donors (Lipinski definition) is 1. The first-order valence-electron chi connectivity index (χ1n) is 6.98. The van der Waals surface area contributed by atoms with Crippen LogP contribution in [-0.2, 0) is 4.74 Å². The van der Waals surface area contributed by atoms with Crippen LogP contribution in [-0.4, -0.2) is 44.8 Å². The lowest BCUT2D eigenvalue weighted by atomic mass is 9.99. The molecular weight excluding hydrogens is 260 g/mol. The van der Waals surface area contributed by atoms with Gasteiger partial charge in [0.2, 0.25) is 0 Å². The van der Waals surface area contributed by atoms with E-state index in [1.165, 1.54) is 19.4 Å². The first kappa shape index (κ1) is 14.6. The molecule has 1 aromatic carbocycles. The number of piperidine rings is 1. The van der Waals surface area contributed by atoms with Crippen LogP contribution in [0.15, 0.2) is 24.3 Å². The van der Waals surface area contributed by atoms with Crippen LogP contribution in [0.1, 0.15) is 12.8 Å². The van der Waals surface area contributed by atoms with Crippen molar-refractivity contribution >= 4 is 17.3 Å². The van der Waals surface area contributed by atoms with Crippen LogP contribution in [0.5, 0.6) is 0 Å². The third kappa shape index (κ3) is 5.01. The molecule has 0 saturated carbocycles. The highest BCUT2D eigenvalue weighted by Gasteiger charge is 2.18. The van der Waals surface area contributed by atoms with Gasteiger partial charge in [0.05, 0.1) is 6.61 Å². The van der Waals surface area contributed by atoms with E-state index >= 15 is 0 Å². The first-order chi connectivity index (χ1) is 9.28. The van der Waals surface area contributed by atoms with Crippen molar-refractivity contribution in [3.63, 3.8) is 0 Å². The number of halogens is 1. The molecule has 1 fully saturated rings. The lowest BCUT2D eigenvalue weighted by Crippen LogP contribution is -2.39. The largest absolute Gasteiger partial charge is 0.384 e. The molecular formula is C15H23ClN2O. The molecule has 1 saturated heterocycles. The standard InChI is InChI=1S/C15H23ClN2O/c1-19-12-13-3-2-9-18(11-13)10-8-17-15-6-4-14(16)5-7-15/h4-7,13,17H,2-3,8-12H2,1H3. The molecule has 1 aromatic rings.